The van der Waals surface area contributed by atoms with Crippen molar-refractivity contribution in [2.24, 2.45) is 0 Å². The average Bonchev–Trinajstić information content (AvgIpc) is 3.12. The van der Waals surface area contributed by atoms with Gasteiger partial charge in [0.25, 0.3) is 0 Å². The van der Waals surface area contributed by atoms with Crippen LogP contribution in [0.4, 0.5) is 4.79 Å². The third-order valence-electron chi connectivity index (χ3n) is 4.83. The fourth-order valence-electron chi connectivity index (χ4n) is 3.24. The van der Waals surface area contributed by atoms with Crippen LogP contribution in [0.1, 0.15) is 5.56 Å². The van der Waals surface area contributed by atoms with Crippen LogP contribution >= 0.6 is 12.2 Å². The first-order valence-corrected chi connectivity index (χ1v) is 11.0. The molecule has 1 aliphatic heterocycles. The van der Waals surface area contributed by atoms with Crippen molar-refractivity contribution in [3.63, 3.8) is 0 Å². The van der Waals surface area contributed by atoms with E-state index >= 15 is 0 Å². The largest absolute Gasteiger partial charge is 0.445 e. The zero-order valence-corrected chi connectivity index (χ0v) is 17.1. The molecule has 10 heteroatoms. The highest BCUT2D eigenvalue weighted by Gasteiger charge is 2.30. The number of imidazole rings is 1. The Labute approximate surface area is 173 Å². The van der Waals surface area contributed by atoms with E-state index in [-0.39, 0.29) is 37.7 Å². The second-order valence-electron chi connectivity index (χ2n) is 6.72. The van der Waals surface area contributed by atoms with Crippen molar-refractivity contribution >= 4 is 39.4 Å². The fourth-order valence-corrected chi connectivity index (χ4v) is 4.91. The van der Waals surface area contributed by atoms with Gasteiger partial charge in [-0.3, -0.25) is 0 Å². The minimum absolute atomic E-state index is 0.190. The first-order chi connectivity index (χ1) is 13.9. The maximum Gasteiger partial charge on any atom is 0.410 e. The highest BCUT2D eigenvalue weighted by atomic mass is 32.2. The Kier molecular flexibility index (Phi) is 5.39. The molecule has 0 saturated carbocycles. The van der Waals surface area contributed by atoms with Crippen molar-refractivity contribution in [1.29, 1.82) is 0 Å². The minimum Gasteiger partial charge on any atom is -0.445 e. The number of H-pyrrole nitrogens is 2. The molecule has 3 aromatic rings. The van der Waals surface area contributed by atoms with Crippen molar-refractivity contribution < 1.29 is 17.9 Å². The van der Waals surface area contributed by atoms with Gasteiger partial charge in [-0.1, -0.05) is 30.3 Å². The molecule has 2 aromatic carbocycles. The normalized spacial score (nSPS) is 15.5. The highest BCUT2D eigenvalue weighted by molar-refractivity contribution is 7.89. The number of aromatic amines is 2. The number of amides is 1. The number of ether oxygens (including phenoxy) is 1. The van der Waals surface area contributed by atoms with Crippen LogP contribution in [0.15, 0.2) is 53.4 Å². The molecule has 0 atom stereocenters. The Morgan fingerprint density at radius 1 is 1.00 bits per heavy atom. The lowest BCUT2D eigenvalue weighted by molar-refractivity contribution is 0.0838. The molecule has 1 amide bonds. The molecule has 0 bridgehead atoms. The molecule has 0 spiro atoms. The SMILES string of the molecule is O=C(OCc1ccccc1)N1CCN(S(=O)(=O)c2ccc3[nH]c(=S)[nH]c3c2)CC1. The summed E-state index contributed by atoms with van der Waals surface area (Å²) < 4.78 is 33.1. The predicted octanol–water partition coefficient (Wildman–Crippen LogP) is 2.87. The number of aromatic nitrogens is 2. The summed E-state index contributed by atoms with van der Waals surface area (Å²) in [7, 11) is -3.66. The van der Waals surface area contributed by atoms with Gasteiger partial charge in [0.05, 0.1) is 15.9 Å². The summed E-state index contributed by atoms with van der Waals surface area (Å²) >= 11 is 5.04. The van der Waals surface area contributed by atoms with E-state index in [4.69, 9.17) is 17.0 Å². The molecule has 1 aromatic heterocycles. The molecule has 29 heavy (non-hydrogen) atoms. The summed E-state index contributed by atoms with van der Waals surface area (Å²) in [6.07, 6.45) is -0.438. The lowest BCUT2D eigenvalue weighted by Gasteiger charge is -2.33. The smallest absolute Gasteiger partial charge is 0.410 e. The monoisotopic (exact) mass is 432 g/mol. The number of rotatable bonds is 4. The number of carbonyl (C=O) groups excluding carboxylic acids is 1. The van der Waals surface area contributed by atoms with Crippen LogP contribution in [0.25, 0.3) is 11.0 Å². The van der Waals surface area contributed by atoms with Crippen LogP contribution in [0.2, 0.25) is 0 Å². The lowest BCUT2D eigenvalue weighted by Crippen LogP contribution is -2.50. The first-order valence-electron chi connectivity index (χ1n) is 9.11. The van der Waals surface area contributed by atoms with E-state index in [0.717, 1.165) is 11.1 Å². The van der Waals surface area contributed by atoms with Crippen LogP contribution in [0, 0.1) is 4.77 Å². The van der Waals surface area contributed by atoms with Crippen LogP contribution in [-0.2, 0) is 21.4 Å². The molecule has 2 N–H and O–H groups in total. The van der Waals surface area contributed by atoms with E-state index in [1.165, 1.54) is 9.21 Å². The van der Waals surface area contributed by atoms with Gasteiger partial charge in [-0.15, -0.1) is 0 Å². The maximum atomic E-state index is 13.0. The number of nitrogens with one attached hydrogen (secondary N) is 2. The lowest BCUT2D eigenvalue weighted by atomic mass is 10.2. The third kappa shape index (κ3) is 4.19. The number of fused-ring (bicyclic) bond motifs is 1. The van der Waals surface area contributed by atoms with E-state index in [1.807, 2.05) is 30.3 Å². The molecule has 1 fully saturated rings. The Morgan fingerprint density at radius 3 is 2.41 bits per heavy atom. The molecule has 1 aliphatic rings. The van der Waals surface area contributed by atoms with Gasteiger partial charge < -0.3 is 19.6 Å². The Morgan fingerprint density at radius 2 is 1.69 bits per heavy atom. The van der Waals surface area contributed by atoms with E-state index in [1.54, 1.807) is 18.2 Å². The molecule has 0 aliphatic carbocycles. The number of sulfonamides is 1. The number of piperazine rings is 1. The minimum atomic E-state index is -3.66. The summed E-state index contributed by atoms with van der Waals surface area (Å²) in [6, 6.07) is 14.2. The van der Waals surface area contributed by atoms with Crippen molar-refractivity contribution in [3.05, 3.63) is 58.9 Å². The number of carbonyl (C=O) groups is 1. The van der Waals surface area contributed by atoms with Gasteiger partial charge in [-0.25, -0.2) is 13.2 Å². The fraction of sp³-hybridized carbons (Fsp3) is 0.263. The van der Waals surface area contributed by atoms with Crippen LogP contribution in [-0.4, -0.2) is 59.9 Å². The Hall–Kier alpha value is -2.69. The number of hydrogen-bond acceptors (Lipinski definition) is 5. The second-order valence-corrected chi connectivity index (χ2v) is 9.06. The van der Waals surface area contributed by atoms with Gasteiger partial charge in [0.1, 0.15) is 6.61 Å². The number of hydrogen-bond donors (Lipinski definition) is 2. The summed E-state index contributed by atoms with van der Waals surface area (Å²) in [4.78, 5) is 19.9. The van der Waals surface area contributed by atoms with E-state index in [2.05, 4.69) is 9.97 Å². The van der Waals surface area contributed by atoms with Gasteiger partial charge >= 0.3 is 6.09 Å². The highest BCUT2D eigenvalue weighted by Crippen LogP contribution is 2.21. The summed E-state index contributed by atoms with van der Waals surface area (Å²) in [5.74, 6) is 0. The molecular formula is C19H20N4O4S2. The summed E-state index contributed by atoms with van der Waals surface area (Å²) in [5.41, 5.74) is 2.29. The molecule has 8 nitrogen and oxygen atoms in total. The summed E-state index contributed by atoms with van der Waals surface area (Å²) in [5, 5.41) is 0. The van der Waals surface area contributed by atoms with Crippen molar-refractivity contribution in [1.82, 2.24) is 19.2 Å². The van der Waals surface area contributed by atoms with Gasteiger partial charge in [-0.2, -0.15) is 4.31 Å². The quantitative estimate of drug-likeness (QED) is 0.618. The zero-order valence-electron chi connectivity index (χ0n) is 15.5. The van der Waals surface area contributed by atoms with Crippen molar-refractivity contribution in [3.8, 4) is 0 Å². The van der Waals surface area contributed by atoms with Gasteiger partial charge in [0.2, 0.25) is 10.0 Å². The van der Waals surface area contributed by atoms with E-state index in [9.17, 15) is 13.2 Å². The van der Waals surface area contributed by atoms with E-state index in [0.29, 0.717) is 10.3 Å². The van der Waals surface area contributed by atoms with Gasteiger partial charge in [-0.05, 0) is 36.0 Å². The number of benzene rings is 2. The third-order valence-corrected chi connectivity index (χ3v) is 6.93. The Bertz CT molecular complexity index is 1180. The molecule has 1 saturated heterocycles. The van der Waals surface area contributed by atoms with Crippen molar-refractivity contribution in [2.45, 2.75) is 11.5 Å². The van der Waals surface area contributed by atoms with Crippen LogP contribution in [0.5, 0.6) is 0 Å². The second kappa shape index (κ2) is 7.97. The van der Waals surface area contributed by atoms with Crippen LogP contribution in [0.3, 0.4) is 0 Å². The standard InChI is InChI=1S/C19H20N4O4S2/c24-19(27-13-14-4-2-1-3-5-14)22-8-10-23(11-9-22)29(25,26)15-6-7-16-17(12-15)21-18(28)20-16/h1-7,12H,8-11,13H2,(H2,20,21,28). The molecule has 2 heterocycles. The molecule has 152 valence electrons. The zero-order chi connectivity index (χ0) is 20.4. The predicted molar refractivity (Wildman–Crippen MR) is 110 cm³/mol. The molecule has 0 unspecified atom stereocenters. The molecular weight excluding hydrogens is 412 g/mol. The van der Waals surface area contributed by atoms with Gasteiger partial charge in [0, 0.05) is 26.2 Å². The molecule has 0 radical (unpaired) electrons. The van der Waals surface area contributed by atoms with Crippen molar-refractivity contribution in [2.75, 3.05) is 26.2 Å². The van der Waals surface area contributed by atoms with E-state index < -0.39 is 16.1 Å². The molecule has 4 rings (SSSR count). The maximum absolute atomic E-state index is 13.0. The van der Waals surface area contributed by atoms with Gasteiger partial charge in [0.15, 0.2) is 4.77 Å². The topological polar surface area (TPSA) is 98.5 Å². The average molecular weight is 433 g/mol. The first kappa shape index (κ1) is 19.6. The summed E-state index contributed by atoms with van der Waals surface area (Å²) in [6.45, 7) is 1.17. The number of nitrogens with zero attached hydrogens (tertiary/aromatic N) is 2. The Balaban J connectivity index is 1.38. The van der Waals surface area contributed by atoms with Crippen LogP contribution < -0.4 is 0 Å².